The van der Waals surface area contributed by atoms with Crippen molar-refractivity contribution in [1.29, 1.82) is 0 Å². The van der Waals surface area contributed by atoms with Gasteiger partial charge in [0.2, 0.25) is 0 Å². The monoisotopic (exact) mass is 246 g/mol. The van der Waals surface area contributed by atoms with Crippen LogP contribution >= 0.6 is 0 Å². The van der Waals surface area contributed by atoms with Gasteiger partial charge in [-0.25, -0.2) is 15.0 Å². The maximum Gasteiger partial charge on any atom is 0.169 e. The number of nitrogens with zero attached hydrogens (tertiary/aromatic N) is 5. The molecule has 0 radical (unpaired) electrons. The minimum absolute atomic E-state index is 0.318. The second kappa shape index (κ2) is 5.12. The Balaban J connectivity index is 2.09. The van der Waals surface area contributed by atoms with Crippen molar-refractivity contribution < 1.29 is 0 Å². The molecule has 0 unspecified atom stereocenters. The molecular weight excluding hydrogens is 228 g/mol. The molecule has 0 aliphatic heterocycles. The summed E-state index contributed by atoms with van der Waals surface area (Å²) in [7, 11) is 1.85. The van der Waals surface area contributed by atoms with Gasteiger partial charge in [-0.1, -0.05) is 13.8 Å². The van der Waals surface area contributed by atoms with Gasteiger partial charge in [-0.2, -0.15) is 5.10 Å². The Kier molecular flexibility index (Phi) is 3.55. The quantitative estimate of drug-likeness (QED) is 0.888. The molecule has 0 bridgehead atoms. The predicted octanol–water partition coefficient (Wildman–Crippen LogP) is 1.65. The van der Waals surface area contributed by atoms with Gasteiger partial charge in [-0.05, 0) is 6.92 Å². The first-order valence-corrected chi connectivity index (χ1v) is 5.98. The topological polar surface area (TPSA) is 68.5 Å². The number of nitrogens with one attached hydrogen (secondary N) is 1. The van der Waals surface area contributed by atoms with Crippen molar-refractivity contribution in [3.05, 3.63) is 29.7 Å². The molecule has 0 aliphatic rings. The van der Waals surface area contributed by atoms with Crippen LogP contribution in [-0.2, 0) is 13.6 Å². The Morgan fingerprint density at radius 3 is 2.72 bits per heavy atom. The highest BCUT2D eigenvalue weighted by Gasteiger charge is 2.06. The van der Waals surface area contributed by atoms with E-state index >= 15 is 0 Å². The summed E-state index contributed by atoms with van der Waals surface area (Å²) < 4.78 is 1.68. The fourth-order valence-electron chi connectivity index (χ4n) is 1.57. The van der Waals surface area contributed by atoms with E-state index in [1.165, 1.54) is 0 Å². The lowest BCUT2D eigenvalue weighted by molar-refractivity contribution is 0.744. The molecule has 0 aromatic carbocycles. The van der Waals surface area contributed by atoms with Crippen LogP contribution in [0.1, 0.15) is 37.1 Å². The van der Waals surface area contributed by atoms with Crippen LogP contribution in [0.25, 0.3) is 0 Å². The number of anilines is 1. The van der Waals surface area contributed by atoms with Gasteiger partial charge in [0, 0.05) is 24.7 Å². The average Bonchev–Trinajstić information content (AvgIpc) is 2.72. The normalized spacial score (nSPS) is 10.9. The van der Waals surface area contributed by atoms with E-state index < -0.39 is 0 Å². The molecule has 2 rings (SSSR count). The van der Waals surface area contributed by atoms with Gasteiger partial charge in [-0.3, -0.25) is 4.68 Å². The lowest BCUT2D eigenvalue weighted by Gasteiger charge is -2.09. The number of aromatic nitrogens is 5. The van der Waals surface area contributed by atoms with Crippen molar-refractivity contribution in [3.63, 3.8) is 0 Å². The number of aryl methyl sites for hydroxylation is 2. The summed E-state index contributed by atoms with van der Waals surface area (Å²) in [5, 5.41) is 7.43. The largest absolute Gasteiger partial charge is 0.363 e. The van der Waals surface area contributed by atoms with E-state index in [4.69, 9.17) is 0 Å². The van der Waals surface area contributed by atoms with Crippen LogP contribution in [0.15, 0.2) is 12.4 Å². The third-order valence-corrected chi connectivity index (χ3v) is 2.46. The van der Waals surface area contributed by atoms with E-state index in [-0.39, 0.29) is 0 Å². The number of hydrogen-bond acceptors (Lipinski definition) is 5. The molecule has 0 saturated carbocycles. The molecule has 0 aliphatic carbocycles. The molecule has 0 saturated heterocycles. The van der Waals surface area contributed by atoms with Gasteiger partial charge in [0.25, 0.3) is 0 Å². The van der Waals surface area contributed by atoms with E-state index in [2.05, 4.69) is 39.2 Å². The van der Waals surface area contributed by atoms with Crippen LogP contribution in [-0.4, -0.2) is 24.7 Å². The summed E-state index contributed by atoms with van der Waals surface area (Å²) in [5.41, 5.74) is 0.963. The first-order valence-electron chi connectivity index (χ1n) is 5.98. The van der Waals surface area contributed by atoms with Crippen molar-refractivity contribution in [1.82, 2.24) is 24.7 Å². The standard InChI is InChI=1S/C12H18N6/c1-8(2)12-15-9(3)5-10(16-12)13-6-11-14-7-18(4)17-11/h5,7-8H,6H2,1-4H3,(H,13,15,16). The third kappa shape index (κ3) is 3.03. The molecule has 0 fully saturated rings. The molecule has 2 aromatic rings. The number of rotatable bonds is 4. The summed E-state index contributed by atoms with van der Waals surface area (Å²) in [6.45, 7) is 6.70. The molecule has 18 heavy (non-hydrogen) atoms. The lowest BCUT2D eigenvalue weighted by Crippen LogP contribution is -2.07. The minimum Gasteiger partial charge on any atom is -0.363 e. The highest BCUT2D eigenvalue weighted by Crippen LogP contribution is 2.13. The molecule has 0 spiro atoms. The lowest BCUT2D eigenvalue weighted by atomic mass is 10.2. The van der Waals surface area contributed by atoms with Crippen molar-refractivity contribution in [2.45, 2.75) is 33.2 Å². The number of hydrogen-bond donors (Lipinski definition) is 1. The van der Waals surface area contributed by atoms with Crippen LogP contribution in [0.3, 0.4) is 0 Å². The van der Waals surface area contributed by atoms with Crippen molar-refractivity contribution >= 4 is 5.82 Å². The molecule has 1 N–H and O–H groups in total. The molecule has 2 aromatic heterocycles. The van der Waals surface area contributed by atoms with Gasteiger partial charge in [0.05, 0.1) is 6.54 Å². The van der Waals surface area contributed by atoms with Crippen LogP contribution in [0, 0.1) is 6.92 Å². The Morgan fingerprint density at radius 1 is 1.33 bits per heavy atom. The summed E-state index contributed by atoms with van der Waals surface area (Å²) in [6.07, 6.45) is 1.68. The highest BCUT2D eigenvalue weighted by molar-refractivity contribution is 5.36. The Labute approximate surface area is 106 Å². The highest BCUT2D eigenvalue weighted by atomic mass is 15.3. The van der Waals surface area contributed by atoms with E-state index in [9.17, 15) is 0 Å². The zero-order valence-corrected chi connectivity index (χ0v) is 11.2. The summed E-state index contributed by atoms with van der Waals surface area (Å²) in [6, 6.07) is 1.93. The van der Waals surface area contributed by atoms with Gasteiger partial charge < -0.3 is 5.32 Å². The zero-order valence-electron chi connectivity index (χ0n) is 11.2. The SMILES string of the molecule is Cc1cc(NCc2ncn(C)n2)nc(C(C)C)n1. The zero-order chi connectivity index (χ0) is 13.1. The van der Waals surface area contributed by atoms with Crippen molar-refractivity contribution in [3.8, 4) is 0 Å². The van der Waals surface area contributed by atoms with Gasteiger partial charge in [0.15, 0.2) is 5.82 Å². The smallest absolute Gasteiger partial charge is 0.169 e. The van der Waals surface area contributed by atoms with Crippen LogP contribution < -0.4 is 5.32 Å². The Morgan fingerprint density at radius 2 is 2.11 bits per heavy atom. The maximum absolute atomic E-state index is 4.47. The predicted molar refractivity (Wildman–Crippen MR) is 69.2 cm³/mol. The first kappa shape index (κ1) is 12.5. The van der Waals surface area contributed by atoms with E-state index in [1.54, 1.807) is 11.0 Å². The fourth-order valence-corrected chi connectivity index (χ4v) is 1.57. The van der Waals surface area contributed by atoms with Crippen LogP contribution in [0.5, 0.6) is 0 Å². The van der Waals surface area contributed by atoms with Crippen molar-refractivity contribution in [2.75, 3.05) is 5.32 Å². The fraction of sp³-hybridized carbons (Fsp3) is 0.500. The van der Waals surface area contributed by atoms with Crippen LogP contribution in [0.2, 0.25) is 0 Å². The van der Waals surface area contributed by atoms with E-state index in [0.717, 1.165) is 23.2 Å². The van der Waals surface area contributed by atoms with E-state index in [1.807, 2.05) is 20.0 Å². The molecule has 6 heteroatoms. The minimum atomic E-state index is 0.318. The summed E-state index contributed by atoms with van der Waals surface area (Å²) in [5.74, 6) is 2.74. The molecular formula is C12H18N6. The second-order valence-electron chi connectivity index (χ2n) is 4.60. The van der Waals surface area contributed by atoms with Crippen LogP contribution in [0.4, 0.5) is 5.82 Å². The third-order valence-electron chi connectivity index (χ3n) is 2.46. The molecule has 2 heterocycles. The Bertz CT molecular complexity index is 531. The molecule has 0 amide bonds. The first-order chi connectivity index (χ1) is 8.54. The van der Waals surface area contributed by atoms with Gasteiger partial charge in [0.1, 0.15) is 18.0 Å². The van der Waals surface area contributed by atoms with Crippen molar-refractivity contribution in [2.24, 2.45) is 7.05 Å². The summed E-state index contributed by atoms with van der Waals surface area (Å²) >= 11 is 0. The second-order valence-corrected chi connectivity index (χ2v) is 4.60. The molecule has 0 atom stereocenters. The Hall–Kier alpha value is -1.98. The molecule has 96 valence electrons. The van der Waals surface area contributed by atoms with Gasteiger partial charge >= 0.3 is 0 Å². The molecule has 6 nitrogen and oxygen atoms in total. The average molecular weight is 246 g/mol. The van der Waals surface area contributed by atoms with Gasteiger partial charge in [-0.15, -0.1) is 0 Å². The van der Waals surface area contributed by atoms with E-state index in [0.29, 0.717) is 12.5 Å². The maximum atomic E-state index is 4.47. The summed E-state index contributed by atoms with van der Waals surface area (Å²) in [4.78, 5) is 13.0.